The van der Waals surface area contributed by atoms with Crippen LogP contribution in [0, 0.1) is 17.7 Å². The smallest absolute Gasteiger partial charge is 0.247 e. The first kappa shape index (κ1) is 15.4. The first-order chi connectivity index (χ1) is 11.0. The Hall–Kier alpha value is -2.50. The van der Waals surface area contributed by atoms with Gasteiger partial charge in [-0.15, -0.1) is 0 Å². The molecule has 1 N–H and O–H groups in total. The molecule has 23 heavy (non-hydrogen) atoms. The SMILES string of the molecule is C[C@H](C(=O)Nc1ccccc1F)N1C(=O)[C@H]2CC=CC[C@@H]2C1=O. The third kappa shape index (κ3) is 2.65. The zero-order chi connectivity index (χ0) is 16.6. The lowest BCUT2D eigenvalue weighted by atomic mass is 9.85. The molecule has 1 fully saturated rings. The van der Waals surface area contributed by atoms with Crippen LogP contribution in [0.4, 0.5) is 10.1 Å². The maximum atomic E-state index is 13.6. The zero-order valence-corrected chi connectivity index (χ0v) is 12.7. The molecule has 5 nitrogen and oxygen atoms in total. The Morgan fingerprint density at radius 2 is 1.74 bits per heavy atom. The van der Waals surface area contributed by atoms with Crippen molar-refractivity contribution in [2.45, 2.75) is 25.8 Å². The summed E-state index contributed by atoms with van der Waals surface area (Å²) < 4.78 is 13.6. The van der Waals surface area contributed by atoms with Crippen molar-refractivity contribution < 1.29 is 18.8 Å². The van der Waals surface area contributed by atoms with Gasteiger partial charge in [0.1, 0.15) is 11.9 Å². The van der Waals surface area contributed by atoms with Gasteiger partial charge in [0, 0.05) is 0 Å². The van der Waals surface area contributed by atoms with E-state index in [1.807, 2.05) is 12.2 Å². The molecule has 0 aromatic heterocycles. The van der Waals surface area contributed by atoms with E-state index in [-0.39, 0.29) is 29.3 Å². The number of rotatable bonds is 3. The molecule has 2 aliphatic rings. The van der Waals surface area contributed by atoms with E-state index in [4.69, 9.17) is 0 Å². The van der Waals surface area contributed by atoms with E-state index >= 15 is 0 Å². The van der Waals surface area contributed by atoms with E-state index in [2.05, 4.69) is 5.32 Å². The third-order valence-electron chi connectivity index (χ3n) is 4.44. The number of benzene rings is 1. The quantitative estimate of drug-likeness (QED) is 0.686. The zero-order valence-electron chi connectivity index (χ0n) is 12.7. The Balaban J connectivity index is 1.76. The second-order valence-electron chi connectivity index (χ2n) is 5.85. The number of amides is 3. The average molecular weight is 316 g/mol. The van der Waals surface area contributed by atoms with Crippen molar-refractivity contribution in [1.82, 2.24) is 4.90 Å². The number of imide groups is 1. The standard InChI is InChI=1S/C17H17FN2O3/c1-10(15(21)19-14-9-5-4-8-13(14)18)20-16(22)11-6-2-3-7-12(11)17(20)23/h2-5,8-12H,6-7H2,1H3,(H,19,21)/t10-,11+,12+/m1/s1. The molecule has 1 saturated heterocycles. The first-order valence-corrected chi connectivity index (χ1v) is 7.58. The van der Waals surface area contributed by atoms with Gasteiger partial charge in [-0.3, -0.25) is 19.3 Å². The molecule has 0 radical (unpaired) electrons. The van der Waals surface area contributed by atoms with Crippen LogP contribution in [0.3, 0.4) is 0 Å². The van der Waals surface area contributed by atoms with Gasteiger partial charge in [0.15, 0.2) is 0 Å². The van der Waals surface area contributed by atoms with Gasteiger partial charge in [0.25, 0.3) is 0 Å². The molecule has 6 heteroatoms. The number of nitrogens with one attached hydrogen (secondary N) is 1. The number of hydrogen-bond donors (Lipinski definition) is 1. The van der Waals surface area contributed by atoms with Gasteiger partial charge >= 0.3 is 0 Å². The number of likely N-dealkylation sites (tertiary alicyclic amines) is 1. The molecular formula is C17H17FN2O3. The molecule has 120 valence electrons. The highest BCUT2D eigenvalue weighted by Crippen LogP contribution is 2.36. The van der Waals surface area contributed by atoms with Gasteiger partial charge in [0.05, 0.1) is 17.5 Å². The van der Waals surface area contributed by atoms with Gasteiger partial charge in [0.2, 0.25) is 17.7 Å². The normalized spacial score (nSPS) is 24.5. The summed E-state index contributed by atoms with van der Waals surface area (Å²) in [6.45, 7) is 1.48. The maximum Gasteiger partial charge on any atom is 0.247 e. The molecule has 0 saturated carbocycles. The highest BCUT2D eigenvalue weighted by molar-refractivity contribution is 6.10. The van der Waals surface area contributed by atoms with E-state index in [0.717, 1.165) is 4.90 Å². The Labute approximate surface area is 133 Å². The molecule has 1 aromatic carbocycles. The van der Waals surface area contributed by atoms with Crippen LogP contribution >= 0.6 is 0 Å². The van der Waals surface area contributed by atoms with Crippen LogP contribution in [0.2, 0.25) is 0 Å². The fourth-order valence-corrected chi connectivity index (χ4v) is 3.12. The second kappa shape index (κ2) is 5.95. The van der Waals surface area contributed by atoms with Gasteiger partial charge < -0.3 is 5.32 Å². The van der Waals surface area contributed by atoms with Crippen LogP contribution in [0.15, 0.2) is 36.4 Å². The topological polar surface area (TPSA) is 66.5 Å². The molecule has 3 amide bonds. The van der Waals surface area contributed by atoms with Crippen LogP contribution < -0.4 is 5.32 Å². The summed E-state index contributed by atoms with van der Waals surface area (Å²) in [5.41, 5.74) is 0.0301. The van der Waals surface area contributed by atoms with Crippen molar-refractivity contribution in [2.75, 3.05) is 5.32 Å². The Bertz CT molecular complexity index is 675. The Morgan fingerprint density at radius 1 is 1.17 bits per heavy atom. The van der Waals surface area contributed by atoms with Gasteiger partial charge in [-0.2, -0.15) is 0 Å². The van der Waals surface area contributed by atoms with Crippen molar-refractivity contribution in [3.8, 4) is 0 Å². The third-order valence-corrected chi connectivity index (χ3v) is 4.44. The summed E-state index contributed by atoms with van der Waals surface area (Å²) in [4.78, 5) is 38.2. The molecule has 3 rings (SSSR count). The lowest BCUT2D eigenvalue weighted by molar-refractivity contribution is -0.146. The lowest BCUT2D eigenvalue weighted by Crippen LogP contribution is -2.46. The number of hydrogen-bond acceptors (Lipinski definition) is 3. The summed E-state index contributed by atoms with van der Waals surface area (Å²) in [5, 5.41) is 2.43. The van der Waals surface area contributed by atoms with E-state index in [1.54, 1.807) is 6.07 Å². The summed E-state index contributed by atoms with van der Waals surface area (Å²) in [6, 6.07) is 4.79. The largest absolute Gasteiger partial charge is 0.322 e. The molecule has 3 atom stereocenters. The molecule has 1 aliphatic carbocycles. The number of nitrogens with zero attached hydrogens (tertiary/aromatic N) is 1. The van der Waals surface area contributed by atoms with Gasteiger partial charge in [-0.25, -0.2) is 4.39 Å². The minimum absolute atomic E-state index is 0.0301. The van der Waals surface area contributed by atoms with Crippen LogP contribution in [0.1, 0.15) is 19.8 Å². The van der Waals surface area contributed by atoms with Gasteiger partial charge in [-0.1, -0.05) is 24.3 Å². The summed E-state index contributed by atoms with van der Waals surface area (Å²) in [6.07, 6.45) is 4.82. The molecule has 0 unspecified atom stereocenters. The molecule has 1 aliphatic heterocycles. The molecule has 1 aromatic rings. The number of fused-ring (bicyclic) bond motifs is 1. The monoisotopic (exact) mass is 316 g/mol. The number of para-hydroxylation sites is 1. The minimum atomic E-state index is -0.972. The summed E-state index contributed by atoms with van der Waals surface area (Å²) in [7, 11) is 0. The molecule has 1 heterocycles. The fourth-order valence-electron chi connectivity index (χ4n) is 3.12. The van der Waals surface area contributed by atoms with Crippen molar-refractivity contribution in [3.05, 3.63) is 42.2 Å². The molecular weight excluding hydrogens is 299 g/mol. The van der Waals surface area contributed by atoms with Crippen molar-refractivity contribution >= 4 is 23.4 Å². The number of halogens is 1. The van der Waals surface area contributed by atoms with Gasteiger partial charge in [-0.05, 0) is 31.9 Å². The summed E-state index contributed by atoms with van der Waals surface area (Å²) in [5.74, 6) is -2.54. The Morgan fingerprint density at radius 3 is 2.30 bits per heavy atom. The average Bonchev–Trinajstić information content (AvgIpc) is 2.81. The van der Waals surface area contributed by atoms with Crippen LogP contribution in [-0.2, 0) is 14.4 Å². The van der Waals surface area contributed by atoms with Crippen LogP contribution in [0.25, 0.3) is 0 Å². The second-order valence-corrected chi connectivity index (χ2v) is 5.85. The predicted octanol–water partition coefficient (Wildman–Crippen LogP) is 2.10. The number of allylic oxidation sites excluding steroid dienone is 2. The maximum absolute atomic E-state index is 13.6. The van der Waals surface area contributed by atoms with E-state index in [1.165, 1.54) is 25.1 Å². The van der Waals surface area contributed by atoms with Crippen molar-refractivity contribution in [2.24, 2.45) is 11.8 Å². The van der Waals surface area contributed by atoms with E-state index < -0.39 is 17.8 Å². The number of anilines is 1. The fraction of sp³-hybridized carbons (Fsp3) is 0.353. The molecule has 0 spiro atoms. The summed E-state index contributed by atoms with van der Waals surface area (Å²) >= 11 is 0. The predicted molar refractivity (Wildman–Crippen MR) is 81.7 cm³/mol. The van der Waals surface area contributed by atoms with Crippen molar-refractivity contribution in [3.63, 3.8) is 0 Å². The number of carbonyl (C=O) groups excluding carboxylic acids is 3. The first-order valence-electron chi connectivity index (χ1n) is 7.58. The highest BCUT2D eigenvalue weighted by Gasteiger charge is 2.50. The minimum Gasteiger partial charge on any atom is -0.322 e. The Kier molecular flexibility index (Phi) is 3.98. The molecule has 0 bridgehead atoms. The van der Waals surface area contributed by atoms with Crippen LogP contribution in [0.5, 0.6) is 0 Å². The van der Waals surface area contributed by atoms with Crippen molar-refractivity contribution in [1.29, 1.82) is 0 Å². The highest BCUT2D eigenvalue weighted by atomic mass is 19.1. The van der Waals surface area contributed by atoms with E-state index in [0.29, 0.717) is 12.8 Å². The lowest BCUT2D eigenvalue weighted by Gasteiger charge is -2.22. The van der Waals surface area contributed by atoms with E-state index in [9.17, 15) is 18.8 Å². The number of carbonyl (C=O) groups is 3. The van der Waals surface area contributed by atoms with Crippen LogP contribution in [-0.4, -0.2) is 28.7 Å².